The third-order valence-corrected chi connectivity index (χ3v) is 5.12. The van der Waals surface area contributed by atoms with Gasteiger partial charge in [0, 0.05) is 25.8 Å². The van der Waals surface area contributed by atoms with Crippen LogP contribution in [0.5, 0.6) is 5.75 Å². The van der Waals surface area contributed by atoms with Crippen molar-refractivity contribution < 1.29 is 13.9 Å². The van der Waals surface area contributed by atoms with Crippen molar-refractivity contribution in [2.24, 2.45) is 5.92 Å². The fourth-order valence-corrected chi connectivity index (χ4v) is 3.74. The Hall–Kier alpha value is -1.99. The molecule has 1 aromatic carbocycles. The SMILES string of the molecule is O=C(C1CN(Cc2cccc(F)c2)C1)N1CCOc2c(Br)cncc21. The van der Waals surface area contributed by atoms with E-state index in [4.69, 9.17) is 4.74 Å². The van der Waals surface area contributed by atoms with Gasteiger partial charge in [0.1, 0.15) is 18.1 Å². The second-order valence-electron chi connectivity index (χ2n) is 6.33. The highest BCUT2D eigenvalue weighted by Crippen LogP contribution is 2.38. The van der Waals surface area contributed by atoms with E-state index in [-0.39, 0.29) is 17.6 Å². The molecular formula is C18H17BrFN3O2. The van der Waals surface area contributed by atoms with Crippen LogP contribution in [0.25, 0.3) is 0 Å². The van der Waals surface area contributed by atoms with Crippen LogP contribution in [0.2, 0.25) is 0 Å². The van der Waals surface area contributed by atoms with Crippen LogP contribution in [-0.2, 0) is 11.3 Å². The minimum absolute atomic E-state index is 0.0431. The van der Waals surface area contributed by atoms with Crippen LogP contribution in [0, 0.1) is 11.7 Å². The smallest absolute Gasteiger partial charge is 0.232 e. The van der Waals surface area contributed by atoms with Crippen molar-refractivity contribution in [3.63, 3.8) is 0 Å². The lowest BCUT2D eigenvalue weighted by molar-refractivity contribution is -0.128. The van der Waals surface area contributed by atoms with Crippen molar-refractivity contribution in [2.75, 3.05) is 31.1 Å². The maximum Gasteiger partial charge on any atom is 0.232 e. The molecule has 0 bridgehead atoms. The van der Waals surface area contributed by atoms with Gasteiger partial charge in [-0.05, 0) is 33.6 Å². The number of aromatic nitrogens is 1. The molecule has 0 N–H and O–H groups in total. The average Bonchev–Trinajstić information content (AvgIpc) is 2.57. The van der Waals surface area contributed by atoms with Crippen LogP contribution < -0.4 is 9.64 Å². The van der Waals surface area contributed by atoms with Gasteiger partial charge < -0.3 is 9.64 Å². The van der Waals surface area contributed by atoms with E-state index >= 15 is 0 Å². The molecule has 7 heteroatoms. The minimum Gasteiger partial charge on any atom is -0.488 e. The molecule has 130 valence electrons. The molecule has 4 rings (SSSR count). The number of halogens is 2. The lowest BCUT2D eigenvalue weighted by Gasteiger charge is -2.41. The summed E-state index contributed by atoms with van der Waals surface area (Å²) in [6.45, 7) is 3.03. The van der Waals surface area contributed by atoms with Gasteiger partial charge in [-0.25, -0.2) is 4.39 Å². The third-order valence-electron chi connectivity index (χ3n) is 4.55. The normalized spacial score (nSPS) is 17.6. The average molecular weight is 406 g/mol. The number of benzene rings is 1. The van der Waals surface area contributed by atoms with Crippen molar-refractivity contribution in [1.29, 1.82) is 0 Å². The molecule has 2 aliphatic rings. The van der Waals surface area contributed by atoms with E-state index in [1.165, 1.54) is 12.1 Å². The standard InChI is InChI=1S/C18H17BrFN3O2/c19-15-7-21-8-16-17(15)25-5-4-23(16)18(24)13-10-22(11-13)9-12-2-1-3-14(20)6-12/h1-3,6-8,13H,4-5,9-11H2. The maximum absolute atomic E-state index is 13.3. The van der Waals surface area contributed by atoms with Gasteiger partial charge in [0.05, 0.1) is 23.1 Å². The molecule has 0 unspecified atom stereocenters. The summed E-state index contributed by atoms with van der Waals surface area (Å²) in [6.07, 6.45) is 3.33. The van der Waals surface area contributed by atoms with E-state index in [0.29, 0.717) is 44.2 Å². The van der Waals surface area contributed by atoms with E-state index in [9.17, 15) is 9.18 Å². The van der Waals surface area contributed by atoms with E-state index in [1.807, 2.05) is 6.07 Å². The topological polar surface area (TPSA) is 45.7 Å². The molecular weight excluding hydrogens is 389 g/mol. The van der Waals surface area contributed by atoms with Gasteiger partial charge in [0.2, 0.25) is 5.91 Å². The fourth-order valence-electron chi connectivity index (χ4n) is 3.31. The molecule has 0 radical (unpaired) electrons. The van der Waals surface area contributed by atoms with Crippen LogP contribution >= 0.6 is 15.9 Å². The quantitative estimate of drug-likeness (QED) is 0.787. The van der Waals surface area contributed by atoms with Crippen LogP contribution in [0.3, 0.4) is 0 Å². The molecule has 2 aromatic rings. The van der Waals surface area contributed by atoms with Gasteiger partial charge in [-0.2, -0.15) is 0 Å². The van der Waals surface area contributed by atoms with Gasteiger partial charge in [0.25, 0.3) is 0 Å². The summed E-state index contributed by atoms with van der Waals surface area (Å²) in [5, 5.41) is 0. The monoisotopic (exact) mass is 405 g/mol. The summed E-state index contributed by atoms with van der Waals surface area (Å²) in [7, 11) is 0. The predicted octanol–water partition coefficient (Wildman–Crippen LogP) is 2.84. The summed E-state index contributed by atoms with van der Waals surface area (Å²) in [5.41, 5.74) is 1.64. The number of carbonyl (C=O) groups is 1. The number of anilines is 1. The molecule has 1 saturated heterocycles. The van der Waals surface area contributed by atoms with Crippen molar-refractivity contribution in [1.82, 2.24) is 9.88 Å². The first-order valence-corrected chi connectivity index (χ1v) is 8.95. The Morgan fingerprint density at radius 1 is 1.36 bits per heavy atom. The summed E-state index contributed by atoms with van der Waals surface area (Å²) in [6, 6.07) is 6.59. The Kier molecular flexibility index (Phi) is 4.43. The van der Waals surface area contributed by atoms with Crippen LogP contribution in [0.15, 0.2) is 41.1 Å². The predicted molar refractivity (Wildman–Crippen MR) is 95.0 cm³/mol. The van der Waals surface area contributed by atoms with E-state index in [2.05, 4.69) is 25.8 Å². The molecule has 0 atom stereocenters. The number of carbonyl (C=O) groups excluding carboxylic acids is 1. The molecule has 0 saturated carbocycles. The number of amides is 1. The molecule has 0 spiro atoms. The number of hydrogen-bond acceptors (Lipinski definition) is 4. The zero-order valence-corrected chi connectivity index (χ0v) is 15.1. The minimum atomic E-state index is -0.228. The second-order valence-corrected chi connectivity index (χ2v) is 7.18. The first-order valence-electron chi connectivity index (χ1n) is 8.16. The number of hydrogen-bond donors (Lipinski definition) is 0. The molecule has 0 aliphatic carbocycles. The van der Waals surface area contributed by atoms with Gasteiger partial charge in [-0.15, -0.1) is 0 Å². The van der Waals surface area contributed by atoms with E-state index < -0.39 is 0 Å². The molecule has 1 aromatic heterocycles. The third kappa shape index (κ3) is 3.26. The van der Waals surface area contributed by atoms with E-state index in [0.717, 1.165) is 10.0 Å². The van der Waals surface area contributed by atoms with Crippen molar-refractivity contribution in [2.45, 2.75) is 6.54 Å². The number of nitrogens with zero attached hydrogens (tertiary/aromatic N) is 3. The molecule has 3 heterocycles. The summed E-state index contributed by atoms with van der Waals surface area (Å²) < 4.78 is 19.7. The Morgan fingerprint density at radius 2 is 2.20 bits per heavy atom. The maximum atomic E-state index is 13.3. The molecule has 1 amide bonds. The first-order chi connectivity index (χ1) is 12.1. The zero-order valence-electron chi connectivity index (χ0n) is 13.5. The zero-order chi connectivity index (χ0) is 17.4. The van der Waals surface area contributed by atoms with Gasteiger partial charge >= 0.3 is 0 Å². The molecule has 5 nitrogen and oxygen atoms in total. The highest BCUT2D eigenvalue weighted by Gasteiger charge is 2.37. The van der Waals surface area contributed by atoms with Crippen molar-refractivity contribution >= 4 is 27.5 Å². The Balaban J connectivity index is 1.40. The highest BCUT2D eigenvalue weighted by atomic mass is 79.9. The van der Waals surface area contributed by atoms with Gasteiger partial charge in [0.15, 0.2) is 5.75 Å². The van der Waals surface area contributed by atoms with Crippen molar-refractivity contribution in [3.05, 3.63) is 52.5 Å². The van der Waals surface area contributed by atoms with Crippen LogP contribution in [-0.4, -0.2) is 42.0 Å². The summed E-state index contributed by atoms with van der Waals surface area (Å²) in [4.78, 5) is 20.9. The van der Waals surface area contributed by atoms with Crippen LogP contribution in [0.1, 0.15) is 5.56 Å². The van der Waals surface area contributed by atoms with E-state index in [1.54, 1.807) is 23.4 Å². The molecule has 1 fully saturated rings. The Bertz CT molecular complexity index is 811. The number of likely N-dealkylation sites (tertiary alicyclic amines) is 1. The lowest BCUT2D eigenvalue weighted by Crippen LogP contribution is -2.55. The number of ether oxygens (including phenoxy) is 1. The Labute approximate surface area is 153 Å². The van der Waals surface area contributed by atoms with Gasteiger partial charge in [-0.3, -0.25) is 14.7 Å². The van der Waals surface area contributed by atoms with Crippen LogP contribution in [0.4, 0.5) is 10.1 Å². The summed E-state index contributed by atoms with van der Waals surface area (Å²) >= 11 is 3.41. The second kappa shape index (κ2) is 6.72. The molecule has 25 heavy (non-hydrogen) atoms. The lowest BCUT2D eigenvalue weighted by atomic mass is 9.97. The fraction of sp³-hybridized carbons (Fsp3) is 0.333. The highest BCUT2D eigenvalue weighted by molar-refractivity contribution is 9.10. The summed E-state index contributed by atoms with van der Waals surface area (Å²) in [5.74, 6) is 0.498. The van der Waals surface area contributed by atoms with Crippen molar-refractivity contribution in [3.8, 4) is 5.75 Å². The van der Waals surface area contributed by atoms with Gasteiger partial charge in [-0.1, -0.05) is 12.1 Å². The largest absolute Gasteiger partial charge is 0.488 e. The molecule has 2 aliphatic heterocycles. The first kappa shape index (κ1) is 16.5. The number of fused-ring (bicyclic) bond motifs is 1. The Morgan fingerprint density at radius 3 is 3.00 bits per heavy atom. The number of rotatable bonds is 3. The number of pyridine rings is 1.